The Kier molecular flexibility index (Phi) is 3.18. The third kappa shape index (κ3) is 2.48. The van der Waals surface area contributed by atoms with Gasteiger partial charge in [-0.05, 0) is 13.0 Å². The summed E-state index contributed by atoms with van der Waals surface area (Å²) in [7, 11) is 0. The fraction of sp³-hybridized carbons (Fsp3) is 0.214. The second-order valence-electron chi connectivity index (χ2n) is 4.18. The topological polar surface area (TPSA) is 37.3 Å². The fourth-order valence-electron chi connectivity index (χ4n) is 1.89. The number of rotatable bonds is 2. The number of benzene rings is 1. The van der Waals surface area contributed by atoms with Crippen LogP contribution in [-0.4, -0.2) is 16.0 Å². The Hall–Kier alpha value is -1.38. The van der Waals surface area contributed by atoms with Crippen molar-refractivity contribution in [2.75, 3.05) is 0 Å². The molecule has 2 rings (SSSR count). The highest BCUT2D eigenvalue weighted by atomic mass is 35.5. The van der Waals surface area contributed by atoms with Crippen LogP contribution >= 0.6 is 11.6 Å². The maximum atomic E-state index is 12.2. The van der Waals surface area contributed by atoms with Gasteiger partial charge in [-0.2, -0.15) is 0 Å². The van der Waals surface area contributed by atoms with E-state index >= 15 is 0 Å². The predicted molar refractivity (Wildman–Crippen MR) is 68.0 cm³/mol. The first kappa shape index (κ1) is 12.1. The maximum absolute atomic E-state index is 12.2. The molecular weight excluding hydrogens is 236 g/mol. The largest absolute Gasteiger partial charge is 0.370 e. The molecule has 0 heterocycles. The second-order valence-corrected chi connectivity index (χ2v) is 4.79. The summed E-state index contributed by atoms with van der Waals surface area (Å²) in [6, 6.07) is 8.84. The lowest BCUT2D eigenvalue weighted by Gasteiger charge is -2.27. The summed E-state index contributed by atoms with van der Waals surface area (Å²) >= 11 is 5.98. The highest BCUT2D eigenvalue weighted by Crippen LogP contribution is 2.33. The Bertz CT molecular complexity index is 486. The SMILES string of the molecule is CC1=CC(O)(Cl)C(C(=O)c2ccccc2)C=C1. The van der Waals surface area contributed by atoms with Gasteiger partial charge in [0.2, 0.25) is 0 Å². The van der Waals surface area contributed by atoms with Gasteiger partial charge in [-0.1, -0.05) is 59.7 Å². The van der Waals surface area contributed by atoms with Gasteiger partial charge in [0.25, 0.3) is 0 Å². The van der Waals surface area contributed by atoms with E-state index in [9.17, 15) is 9.90 Å². The second kappa shape index (κ2) is 4.47. The monoisotopic (exact) mass is 248 g/mol. The molecule has 0 saturated heterocycles. The number of alkyl halides is 1. The Morgan fingerprint density at radius 2 is 2.00 bits per heavy atom. The van der Waals surface area contributed by atoms with Crippen molar-refractivity contribution in [2.45, 2.75) is 12.0 Å². The van der Waals surface area contributed by atoms with E-state index in [1.807, 2.05) is 13.0 Å². The van der Waals surface area contributed by atoms with E-state index < -0.39 is 11.0 Å². The lowest BCUT2D eigenvalue weighted by atomic mass is 9.87. The summed E-state index contributed by atoms with van der Waals surface area (Å²) in [6.07, 6.45) is 4.94. The minimum atomic E-state index is -1.63. The zero-order valence-electron chi connectivity index (χ0n) is 9.43. The normalized spacial score (nSPS) is 27.7. The molecule has 1 aliphatic rings. The third-order valence-corrected chi connectivity index (χ3v) is 3.10. The summed E-state index contributed by atoms with van der Waals surface area (Å²) in [6.45, 7) is 1.83. The maximum Gasteiger partial charge on any atom is 0.174 e. The molecule has 0 aromatic heterocycles. The Labute approximate surface area is 105 Å². The van der Waals surface area contributed by atoms with Gasteiger partial charge in [0.05, 0.1) is 5.92 Å². The molecule has 0 aliphatic heterocycles. The molecule has 3 heteroatoms. The zero-order chi connectivity index (χ0) is 12.5. The van der Waals surface area contributed by atoms with Crippen LogP contribution in [0.2, 0.25) is 0 Å². The van der Waals surface area contributed by atoms with Crippen LogP contribution in [0.4, 0.5) is 0 Å². The summed E-state index contributed by atoms with van der Waals surface area (Å²) in [5.41, 5.74) is 1.40. The van der Waals surface area contributed by atoms with E-state index in [1.165, 1.54) is 6.08 Å². The molecule has 0 fully saturated rings. The number of hydrogen-bond acceptors (Lipinski definition) is 2. The van der Waals surface area contributed by atoms with Crippen LogP contribution in [0.1, 0.15) is 17.3 Å². The molecule has 0 spiro atoms. The highest BCUT2D eigenvalue weighted by Gasteiger charge is 2.38. The molecule has 0 amide bonds. The lowest BCUT2D eigenvalue weighted by Crippen LogP contribution is -2.36. The molecule has 2 nitrogen and oxygen atoms in total. The van der Waals surface area contributed by atoms with E-state index in [2.05, 4.69) is 0 Å². The molecule has 1 N–H and O–H groups in total. The minimum Gasteiger partial charge on any atom is -0.370 e. The number of Topliss-reactive ketones (excluding diaryl/α,β-unsaturated/α-hetero) is 1. The summed E-state index contributed by atoms with van der Waals surface area (Å²) in [5, 5.41) is 8.42. The number of allylic oxidation sites excluding steroid dienone is 2. The molecule has 0 radical (unpaired) electrons. The van der Waals surface area contributed by atoms with E-state index in [4.69, 9.17) is 11.6 Å². The van der Waals surface area contributed by atoms with Crippen molar-refractivity contribution in [2.24, 2.45) is 5.92 Å². The van der Waals surface area contributed by atoms with Gasteiger partial charge in [0.15, 0.2) is 10.8 Å². The summed E-state index contributed by atoms with van der Waals surface area (Å²) in [5.74, 6) is -0.918. The van der Waals surface area contributed by atoms with Gasteiger partial charge in [-0.3, -0.25) is 4.79 Å². The number of carbonyl (C=O) groups is 1. The van der Waals surface area contributed by atoms with Crippen molar-refractivity contribution in [1.29, 1.82) is 0 Å². The lowest BCUT2D eigenvalue weighted by molar-refractivity contribution is 0.0762. The van der Waals surface area contributed by atoms with Crippen molar-refractivity contribution in [1.82, 2.24) is 0 Å². The smallest absolute Gasteiger partial charge is 0.174 e. The number of aliphatic hydroxyl groups is 1. The molecule has 1 aliphatic carbocycles. The summed E-state index contributed by atoms with van der Waals surface area (Å²) in [4.78, 5) is 12.2. The predicted octanol–water partition coefficient (Wildman–Crippen LogP) is 2.93. The number of ketones is 1. The fourth-order valence-corrected chi connectivity index (χ4v) is 2.24. The third-order valence-electron chi connectivity index (χ3n) is 2.76. The van der Waals surface area contributed by atoms with Gasteiger partial charge < -0.3 is 5.11 Å². The first-order chi connectivity index (χ1) is 8.00. The van der Waals surface area contributed by atoms with Gasteiger partial charge >= 0.3 is 0 Å². The van der Waals surface area contributed by atoms with E-state index in [-0.39, 0.29) is 5.78 Å². The van der Waals surface area contributed by atoms with Crippen LogP contribution in [0.5, 0.6) is 0 Å². The number of hydrogen-bond donors (Lipinski definition) is 1. The number of halogens is 1. The van der Waals surface area contributed by atoms with Gasteiger partial charge in [0, 0.05) is 5.56 Å². The molecule has 2 unspecified atom stereocenters. The van der Waals surface area contributed by atoms with E-state index in [0.29, 0.717) is 5.56 Å². The molecule has 1 aromatic carbocycles. The van der Waals surface area contributed by atoms with Crippen LogP contribution in [0, 0.1) is 5.92 Å². The van der Waals surface area contributed by atoms with Crippen molar-refractivity contribution in [3.8, 4) is 0 Å². The van der Waals surface area contributed by atoms with Crippen LogP contribution in [-0.2, 0) is 0 Å². The highest BCUT2D eigenvalue weighted by molar-refractivity contribution is 6.26. The van der Waals surface area contributed by atoms with Crippen LogP contribution < -0.4 is 0 Å². The first-order valence-electron chi connectivity index (χ1n) is 5.39. The van der Waals surface area contributed by atoms with Crippen molar-refractivity contribution in [3.05, 3.63) is 59.7 Å². The average molecular weight is 249 g/mol. The van der Waals surface area contributed by atoms with Gasteiger partial charge in [-0.25, -0.2) is 0 Å². The molecule has 88 valence electrons. The van der Waals surface area contributed by atoms with Gasteiger partial charge in [-0.15, -0.1) is 0 Å². The Balaban J connectivity index is 2.31. The Morgan fingerprint density at radius 3 is 2.59 bits per heavy atom. The van der Waals surface area contributed by atoms with Crippen molar-refractivity contribution < 1.29 is 9.90 Å². The number of carbonyl (C=O) groups excluding carboxylic acids is 1. The zero-order valence-corrected chi connectivity index (χ0v) is 10.2. The van der Waals surface area contributed by atoms with Crippen LogP contribution in [0.3, 0.4) is 0 Å². The van der Waals surface area contributed by atoms with Crippen LogP contribution in [0.25, 0.3) is 0 Å². The minimum absolute atomic E-state index is 0.178. The molecule has 17 heavy (non-hydrogen) atoms. The first-order valence-corrected chi connectivity index (χ1v) is 5.77. The van der Waals surface area contributed by atoms with E-state index in [1.54, 1.807) is 36.4 Å². The summed E-state index contributed by atoms with van der Waals surface area (Å²) < 4.78 is 0. The molecule has 2 atom stereocenters. The van der Waals surface area contributed by atoms with E-state index in [0.717, 1.165) is 5.57 Å². The van der Waals surface area contributed by atoms with Crippen molar-refractivity contribution in [3.63, 3.8) is 0 Å². The van der Waals surface area contributed by atoms with Crippen molar-refractivity contribution >= 4 is 17.4 Å². The Morgan fingerprint density at radius 1 is 1.35 bits per heavy atom. The standard InChI is InChI=1S/C14H13ClO2/c1-10-7-8-12(14(15,17)9-10)13(16)11-5-3-2-4-6-11/h2-9,12,17H,1H3. The quantitative estimate of drug-likeness (QED) is 0.645. The molecule has 1 aromatic rings. The molecule has 0 saturated carbocycles. The van der Waals surface area contributed by atoms with Crippen LogP contribution in [0.15, 0.2) is 54.1 Å². The molecular formula is C14H13ClO2. The average Bonchev–Trinajstić information content (AvgIpc) is 2.28. The molecule has 0 bridgehead atoms. The van der Waals surface area contributed by atoms with Gasteiger partial charge in [0.1, 0.15) is 0 Å².